The van der Waals surface area contributed by atoms with Gasteiger partial charge in [-0.3, -0.25) is 9.69 Å². The lowest BCUT2D eigenvalue weighted by Gasteiger charge is -2.28. The highest BCUT2D eigenvalue weighted by atomic mass is 16.5. The Balaban J connectivity index is 1.52. The Labute approximate surface area is 222 Å². The van der Waals surface area contributed by atoms with Crippen LogP contribution in [0, 0.1) is 0 Å². The van der Waals surface area contributed by atoms with E-state index in [0.717, 1.165) is 75.5 Å². The van der Waals surface area contributed by atoms with Crippen molar-refractivity contribution in [2.75, 3.05) is 32.8 Å². The molecule has 37 heavy (non-hydrogen) atoms. The maximum absolute atomic E-state index is 13.3. The molecule has 4 rings (SSSR count). The van der Waals surface area contributed by atoms with Crippen molar-refractivity contribution in [3.05, 3.63) is 95.6 Å². The molecule has 3 aromatic carbocycles. The van der Waals surface area contributed by atoms with Gasteiger partial charge in [0.05, 0.1) is 13.2 Å². The van der Waals surface area contributed by atoms with Gasteiger partial charge in [-0.15, -0.1) is 0 Å². The molecule has 1 aliphatic heterocycles. The number of carbonyl (C=O) groups is 1. The fourth-order valence-electron chi connectivity index (χ4n) is 4.85. The molecule has 0 saturated heterocycles. The van der Waals surface area contributed by atoms with Crippen molar-refractivity contribution in [3.8, 4) is 11.5 Å². The molecule has 196 valence electrons. The van der Waals surface area contributed by atoms with E-state index in [1.807, 2.05) is 43.3 Å². The highest BCUT2D eigenvalue weighted by Crippen LogP contribution is 2.33. The predicted octanol–water partition coefficient (Wildman–Crippen LogP) is 6.11. The van der Waals surface area contributed by atoms with Gasteiger partial charge in [0.25, 0.3) is 0 Å². The van der Waals surface area contributed by atoms with Crippen LogP contribution in [-0.4, -0.2) is 48.6 Å². The minimum absolute atomic E-state index is 0.244. The summed E-state index contributed by atoms with van der Waals surface area (Å²) in [5.74, 6) is 1.92. The summed E-state index contributed by atoms with van der Waals surface area (Å²) in [6.07, 6.45) is 4.30. The zero-order valence-electron chi connectivity index (χ0n) is 22.1. The van der Waals surface area contributed by atoms with Gasteiger partial charge in [-0.25, -0.2) is 0 Å². The molecule has 0 spiro atoms. The topological polar surface area (TPSA) is 42.0 Å². The van der Waals surface area contributed by atoms with E-state index in [1.165, 1.54) is 11.1 Å². The van der Waals surface area contributed by atoms with Crippen molar-refractivity contribution in [2.24, 2.45) is 0 Å². The van der Waals surface area contributed by atoms with E-state index in [9.17, 15) is 4.79 Å². The van der Waals surface area contributed by atoms with Crippen molar-refractivity contribution >= 4 is 5.91 Å². The molecule has 1 aliphatic rings. The summed E-state index contributed by atoms with van der Waals surface area (Å²) < 4.78 is 12.2. The number of ether oxygens (including phenoxy) is 2. The summed E-state index contributed by atoms with van der Waals surface area (Å²) in [7, 11) is 0. The Morgan fingerprint density at radius 3 is 2.35 bits per heavy atom. The zero-order valence-corrected chi connectivity index (χ0v) is 22.1. The van der Waals surface area contributed by atoms with Crippen LogP contribution in [0.3, 0.4) is 0 Å². The first kappa shape index (κ1) is 26.7. The van der Waals surface area contributed by atoms with Crippen molar-refractivity contribution in [3.63, 3.8) is 0 Å². The number of hydrogen-bond acceptors (Lipinski definition) is 4. The second-order valence-electron chi connectivity index (χ2n) is 9.65. The molecule has 0 atom stereocenters. The molecule has 0 aliphatic carbocycles. The Kier molecular flexibility index (Phi) is 10.4. The summed E-state index contributed by atoms with van der Waals surface area (Å²) in [4.78, 5) is 17.8. The number of benzene rings is 3. The molecule has 0 bridgehead atoms. The number of nitrogens with zero attached hydrogens (tertiary/aromatic N) is 2. The Bertz CT molecular complexity index is 1090. The minimum atomic E-state index is 0.244. The van der Waals surface area contributed by atoms with Crippen LogP contribution in [0.4, 0.5) is 0 Å². The molecule has 0 fully saturated rings. The average Bonchev–Trinajstić information content (AvgIpc) is 2.94. The molecule has 0 radical (unpaired) electrons. The van der Waals surface area contributed by atoms with Crippen LogP contribution in [0.2, 0.25) is 0 Å². The van der Waals surface area contributed by atoms with Crippen LogP contribution < -0.4 is 9.47 Å². The Morgan fingerprint density at radius 1 is 0.838 bits per heavy atom. The SMILES string of the molecule is CCOc1cccc2c1OCCCCCN(C(=O)CCc1ccccc1)CCN(Cc1ccccc1)C2. The summed E-state index contributed by atoms with van der Waals surface area (Å²) in [6, 6.07) is 27.0. The number of hydrogen-bond donors (Lipinski definition) is 0. The van der Waals surface area contributed by atoms with Crippen LogP contribution in [0.15, 0.2) is 78.9 Å². The molecule has 5 heteroatoms. The van der Waals surface area contributed by atoms with Crippen molar-refractivity contribution in [1.29, 1.82) is 0 Å². The van der Waals surface area contributed by atoms with Gasteiger partial charge in [0, 0.05) is 44.7 Å². The van der Waals surface area contributed by atoms with Crippen LogP contribution >= 0.6 is 0 Å². The summed E-state index contributed by atoms with van der Waals surface area (Å²) in [5.41, 5.74) is 3.60. The van der Waals surface area contributed by atoms with Gasteiger partial charge in [-0.05, 0) is 49.8 Å². The molecule has 3 aromatic rings. The molecule has 5 nitrogen and oxygen atoms in total. The first-order chi connectivity index (χ1) is 18.2. The first-order valence-electron chi connectivity index (χ1n) is 13.7. The Morgan fingerprint density at radius 2 is 1.59 bits per heavy atom. The monoisotopic (exact) mass is 500 g/mol. The summed E-state index contributed by atoms with van der Waals surface area (Å²) >= 11 is 0. The number of amides is 1. The maximum Gasteiger partial charge on any atom is 0.222 e. The number of fused-ring (bicyclic) bond motifs is 1. The quantitative estimate of drug-likeness (QED) is 0.392. The van der Waals surface area contributed by atoms with Crippen molar-refractivity contribution in [2.45, 2.75) is 52.1 Å². The van der Waals surface area contributed by atoms with Crippen LogP contribution in [0.5, 0.6) is 11.5 Å². The van der Waals surface area contributed by atoms with Crippen LogP contribution in [-0.2, 0) is 24.3 Å². The lowest BCUT2D eigenvalue weighted by atomic mass is 10.1. The second kappa shape index (κ2) is 14.4. The van der Waals surface area contributed by atoms with Gasteiger partial charge < -0.3 is 14.4 Å². The van der Waals surface area contributed by atoms with Crippen LogP contribution in [0.1, 0.15) is 49.3 Å². The fraction of sp³-hybridized carbons (Fsp3) is 0.406. The van der Waals surface area contributed by atoms with Gasteiger partial charge in [-0.1, -0.05) is 72.8 Å². The van der Waals surface area contributed by atoms with Gasteiger partial charge in [0.15, 0.2) is 11.5 Å². The standard InChI is InChI=1S/C32H40N2O3/c1-2-36-30-18-12-17-29-26-33(25-28-15-8-4-9-16-28)22-23-34(21-10-5-11-24-37-32(29)30)31(35)20-19-27-13-6-3-7-14-27/h3-4,6-9,12-18H,2,5,10-11,19-26H2,1H3. The Hall–Kier alpha value is -3.31. The molecule has 1 amide bonds. The van der Waals surface area contributed by atoms with E-state index >= 15 is 0 Å². The molecule has 0 N–H and O–H groups in total. The number of rotatable bonds is 7. The third-order valence-electron chi connectivity index (χ3n) is 6.83. The minimum Gasteiger partial charge on any atom is -0.490 e. The highest BCUT2D eigenvalue weighted by molar-refractivity contribution is 5.76. The second-order valence-corrected chi connectivity index (χ2v) is 9.65. The third-order valence-corrected chi connectivity index (χ3v) is 6.83. The zero-order chi connectivity index (χ0) is 25.7. The van der Waals surface area contributed by atoms with Gasteiger partial charge in [0.1, 0.15) is 0 Å². The molecular weight excluding hydrogens is 460 g/mol. The van der Waals surface area contributed by atoms with Gasteiger partial charge in [-0.2, -0.15) is 0 Å². The highest BCUT2D eigenvalue weighted by Gasteiger charge is 2.19. The third kappa shape index (κ3) is 8.36. The molecule has 1 heterocycles. The number of aryl methyl sites for hydroxylation is 1. The summed E-state index contributed by atoms with van der Waals surface area (Å²) in [5, 5.41) is 0. The van der Waals surface area contributed by atoms with E-state index in [2.05, 4.69) is 52.3 Å². The number of para-hydroxylation sites is 1. The van der Waals surface area contributed by atoms with Crippen molar-refractivity contribution < 1.29 is 14.3 Å². The smallest absolute Gasteiger partial charge is 0.222 e. The normalized spacial score (nSPS) is 15.4. The van der Waals surface area contributed by atoms with E-state index in [-0.39, 0.29) is 5.91 Å². The van der Waals surface area contributed by atoms with Crippen molar-refractivity contribution in [1.82, 2.24) is 9.80 Å². The molecule has 0 unspecified atom stereocenters. The van der Waals surface area contributed by atoms with E-state index < -0.39 is 0 Å². The molecule has 0 aromatic heterocycles. The maximum atomic E-state index is 13.3. The fourth-order valence-corrected chi connectivity index (χ4v) is 4.85. The lowest BCUT2D eigenvalue weighted by molar-refractivity contribution is -0.131. The average molecular weight is 501 g/mol. The number of carbonyl (C=O) groups excluding carboxylic acids is 1. The van der Waals surface area contributed by atoms with Crippen LogP contribution in [0.25, 0.3) is 0 Å². The summed E-state index contributed by atoms with van der Waals surface area (Å²) in [6.45, 7) is 7.12. The molecular formula is C32H40N2O3. The first-order valence-corrected chi connectivity index (χ1v) is 13.7. The lowest BCUT2D eigenvalue weighted by Crippen LogP contribution is -2.39. The van der Waals surface area contributed by atoms with E-state index in [4.69, 9.17) is 9.47 Å². The largest absolute Gasteiger partial charge is 0.490 e. The molecule has 0 saturated carbocycles. The van der Waals surface area contributed by atoms with Gasteiger partial charge >= 0.3 is 0 Å². The van der Waals surface area contributed by atoms with E-state index in [0.29, 0.717) is 19.6 Å². The van der Waals surface area contributed by atoms with E-state index in [1.54, 1.807) is 0 Å². The van der Waals surface area contributed by atoms with Gasteiger partial charge in [0.2, 0.25) is 5.91 Å². The predicted molar refractivity (Wildman–Crippen MR) is 149 cm³/mol.